The molecule has 2 aromatic heterocycles. The summed E-state index contributed by atoms with van der Waals surface area (Å²) in [5.74, 6) is 0.855. The monoisotopic (exact) mass is 231 g/mol. The van der Waals surface area contributed by atoms with Crippen LogP contribution in [0.5, 0.6) is 0 Å². The van der Waals surface area contributed by atoms with Crippen molar-refractivity contribution in [3.05, 3.63) is 42.5 Å². The van der Waals surface area contributed by atoms with Gasteiger partial charge in [-0.05, 0) is 6.92 Å². The lowest BCUT2D eigenvalue weighted by atomic mass is 10.3. The van der Waals surface area contributed by atoms with Crippen LogP contribution in [0.3, 0.4) is 0 Å². The van der Waals surface area contributed by atoms with Crippen LogP contribution in [0.15, 0.2) is 31.2 Å². The van der Waals surface area contributed by atoms with E-state index >= 15 is 0 Å². The Balaban J connectivity index is 2.04. The molecule has 2 aromatic rings. The Labute approximate surface area is 101 Å². The SMILES string of the molecule is C=CCn1ccnc1NCc1cn(C)nc1C. The van der Waals surface area contributed by atoms with Crippen LogP contribution in [-0.2, 0) is 20.1 Å². The molecule has 0 aromatic carbocycles. The molecule has 5 heteroatoms. The summed E-state index contributed by atoms with van der Waals surface area (Å²) in [6.07, 6.45) is 7.58. The third kappa shape index (κ3) is 2.55. The fraction of sp³-hybridized carbons (Fsp3) is 0.333. The Hall–Kier alpha value is -2.04. The molecule has 0 unspecified atom stereocenters. The highest BCUT2D eigenvalue weighted by Crippen LogP contribution is 2.09. The highest BCUT2D eigenvalue weighted by molar-refractivity contribution is 5.29. The minimum atomic E-state index is 0.730. The van der Waals surface area contributed by atoms with Gasteiger partial charge >= 0.3 is 0 Å². The van der Waals surface area contributed by atoms with Gasteiger partial charge in [0.1, 0.15) is 0 Å². The van der Waals surface area contributed by atoms with Crippen molar-refractivity contribution in [2.45, 2.75) is 20.0 Å². The number of hydrogen-bond acceptors (Lipinski definition) is 3. The third-order valence-electron chi connectivity index (χ3n) is 2.59. The Morgan fingerprint density at radius 1 is 1.53 bits per heavy atom. The van der Waals surface area contributed by atoms with Crippen molar-refractivity contribution in [3.8, 4) is 0 Å². The van der Waals surface area contributed by atoms with Gasteiger partial charge < -0.3 is 9.88 Å². The number of anilines is 1. The topological polar surface area (TPSA) is 47.7 Å². The van der Waals surface area contributed by atoms with E-state index in [-0.39, 0.29) is 0 Å². The second-order valence-corrected chi connectivity index (χ2v) is 3.96. The molecule has 0 saturated carbocycles. The van der Waals surface area contributed by atoms with Crippen LogP contribution in [0.25, 0.3) is 0 Å². The highest BCUT2D eigenvalue weighted by atomic mass is 15.3. The largest absolute Gasteiger partial charge is 0.351 e. The van der Waals surface area contributed by atoms with E-state index < -0.39 is 0 Å². The molecule has 0 fully saturated rings. The summed E-state index contributed by atoms with van der Waals surface area (Å²) in [6.45, 7) is 7.22. The molecule has 0 aliphatic carbocycles. The molecule has 2 heterocycles. The minimum Gasteiger partial charge on any atom is -0.351 e. The zero-order chi connectivity index (χ0) is 12.3. The number of hydrogen-bond donors (Lipinski definition) is 1. The van der Waals surface area contributed by atoms with Crippen molar-refractivity contribution in [3.63, 3.8) is 0 Å². The average Bonchev–Trinajstić information content (AvgIpc) is 2.83. The Morgan fingerprint density at radius 2 is 2.35 bits per heavy atom. The lowest BCUT2D eigenvalue weighted by Gasteiger charge is -2.07. The average molecular weight is 231 g/mol. The summed E-state index contributed by atoms with van der Waals surface area (Å²) in [5, 5.41) is 7.60. The highest BCUT2D eigenvalue weighted by Gasteiger charge is 2.05. The standard InChI is InChI=1S/C12H17N5/c1-4-6-17-7-5-13-12(17)14-8-11-9-16(3)15-10(11)2/h4-5,7,9H,1,6,8H2,2-3H3,(H,13,14). The molecule has 0 spiro atoms. The van der Waals surface area contributed by atoms with Crippen molar-refractivity contribution in [2.24, 2.45) is 7.05 Å². The van der Waals surface area contributed by atoms with Gasteiger partial charge in [-0.2, -0.15) is 5.10 Å². The van der Waals surface area contributed by atoms with E-state index in [0.717, 1.165) is 24.7 Å². The zero-order valence-electron chi connectivity index (χ0n) is 10.2. The van der Waals surface area contributed by atoms with Gasteiger partial charge in [0.15, 0.2) is 0 Å². The van der Waals surface area contributed by atoms with Gasteiger partial charge in [-0.15, -0.1) is 6.58 Å². The molecule has 17 heavy (non-hydrogen) atoms. The maximum atomic E-state index is 4.30. The number of aromatic nitrogens is 4. The van der Waals surface area contributed by atoms with Crippen LogP contribution in [0.2, 0.25) is 0 Å². The van der Waals surface area contributed by atoms with Gasteiger partial charge in [-0.3, -0.25) is 4.68 Å². The summed E-state index contributed by atoms with van der Waals surface area (Å²) in [7, 11) is 1.93. The van der Waals surface area contributed by atoms with Gasteiger partial charge in [-0.1, -0.05) is 6.08 Å². The molecular weight excluding hydrogens is 214 g/mol. The normalized spacial score (nSPS) is 10.5. The smallest absolute Gasteiger partial charge is 0.203 e. The predicted octanol–water partition coefficient (Wildman–Crippen LogP) is 1.72. The van der Waals surface area contributed by atoms with Crippen LogP contribution in [0.4, 0.5) is 5.95 Å². The van der Waals surface area contributed by atoms with E-state index in [0.29, 0.717) is 0 Å². The molecule has 0 aliphatic rings. The van der Waals surface area contributed by atoms with E-state index in [2.05, 4.69) is 22.0 Å². The summed E-state index contributed by atoms with van der Waals surface area (Å²) in [5.41, 5.74) is 2.22. The van der Waals surface area contributed by atoms with E-state index in [1.165, 1.54) is 5.56 Å². The lowest BCUT2D eigenvalue weighted by Crippen LogP contribution is -2.06. The summed E-state index contributed by atoms with van der Waals surface area (Å²) >= 11 is 0. The van der Waals surface area contributed by atoms with Crippen molar-refractivity contribution in [2.75, 3.05) is 5.32 Å². The van der Waals surface area contributed by atoms with E-state index in [1.807, 2.05) is 41.7 Å². The van der Waals surface area contributed by atoms with Crippen LogP contribution in [0.1, 0.15) is 11.3 Å². The van der Waals surface area contributed by atoms with Gasteiger partial charge in [0.05, 0.1) is 5.69 Å². The number of rotatable bonds is 5. The van der Waals surface area contributed by atoms with Crippen molar-refractivity contribution >= 4 is 5.95 Å². The van der Waals surface area contributed by atoms with Crippen molar-refractivity contribution in [1.82, 2.24) is 19.3 Å². The first-order chi connectivity index (χ1) is 8.20. The lowest BCUT2D eigenvalue weighted by molar-refractivity contribution is 0.756. The quantitative estimate of drug-likeness (QED) is 0.797. The van der Waals surface area contributed by atoms with Crippen LogP contribution in [0, 0.1) is 6.92 Å². The molecule has 0 saturated heterocycles. The van der Waals surface area contributed by atoms with E-state index in [9.17, 15) is 0 Å². The van der Waals surface area contributed by atoms with E-state index in [1.54, 1.807) is 6.20 Å². The molecule has 90 valence electrons. The summed E-state index contributed by atoms with van der Waals surface area (Å²) < 4.78 is 3.83. The number of imidazole rings is 1. The predicted molar refractivity (Wildman–Crippen MR) is 67.7 cm³/mol. The number of nitrogens with zero attached hydrogens (tertiary/aromatic N) is 4. The number of nitrogens with one attached hydrogen (secondary N) is 1. The number of aryl methyl sites for hydroxylation is 2. The maximum Gasteiger partial charge on any atom is 0.203 e. The molecule has 0 bridgehead atoms. The molecule has 1 N–H and O–H groups in total. The zero-order valence-corrected chi connectivity index (χ0v) is 10.2. The van der Waals surface area contributed by atoms with E-state index in [4.69, 9.17) is 0 Å². The van der Waals surface area contributed by atoms with Gasteiger partial charge in [0.2, 0.25) is 5.95 Å². The maximum absolute atomic E-state index is 4.30. The van der Waals surface area contributed by atoms with Gasteiger partial charge in [0.25, 0.3) is 0 Å². The Bertz CT molecular complexity index is 509. The van der Waals surface area contributed by atoms with Crippen LogP contribution < -0.4 is 5.32 Å². The fourth-order valence-corrected chi connectivity index (χ4v) is 1.76. The molecule has 0 atom stereocenters. The summed E-state index contributed by atoms with van der Waals surface area (Å²) in [4.78, 5) is 4.26. The Kier molecular flexibility index (Phi) is 3.27. The fourth-order valence-electron chi connectivity index (χ4n) is 1.76. The molecule has 2 rings (SSSR count). The first-order valence-electron chi connectivity index (χ1n) is 5.55. The second kappa shape index (κ2) is 4.86. The van der Waals surface area contributed by atoms with Gasteiger partial charge in [-0.25, -0.2) is 4.98 Å². The van der Waals surface area contributed by atoms with Gasteiger partial charge in [0, 0.05) is 44.3 Å². The second-order valence-electron chi connectivity index (χ2n) is 3.96. The molecule has 0 amide bonds. The molecular formula is C12H17N5. The van der Waals surface area contributed by atoms with Crippen LogP contribution in [-0.4, -0.2) is 19.3 Å². The number of allylic oxidation sites excluding steroid dienone is 1. The minimum absolute atomic E-state index is 0.730. The molecule has 5 nitrogen and oxygen atoms in total. The third-order valence-corrected chi connectivity index (χ3v) is 2.59. The first-order valence-corrected chi connectivity index (χ1v) is 5.55. The van der Waals surface area contributed by atoms with Crippen molar-refractivity contribution < 1.29 is 0 Å². The van der Waals surface area contributed by atoms with Crippen molar-refractivity contribution in [1.29, 1.82) is 0 Å². The molecule has 0 radical (unpaired) electrons. The summed E-state index contributed by atoms with van der Waals surface area (Å²) in [6, 6.07) is 0. The van der Waals surface area contributed by atoms with Crippen LogP contribution >= 0.6 is 0 Å². The molecule has 0 aliphatic heterocycles. The first kappa shape index (κ1) is 11.4. The Morgan fingerprint density at radius 3 is 3.00 bits per heavy atom.